The van der Waals surface area contributed by atoms with Crippen LogP contribution in [0.5, 0.6) is 5.75 Å². The minimum atomic E-state index is -0.511. The number of amides is 1. The number of carbonyl (C=O) groups is 1. The zero-order chi connectivity index (χ0) is 20.1. The Morgan fingerprint density at radius 1 is 1.07 bits per heavy atom. The first-order chi connectivity index (χ1) is 13.5. The van der Waals surface area contributed by atoms with E-state index < -0.39 is 4.92 Å². The summed E-state index contributed by atoms with van der Waals surface area (Å²) in [5.74, 6) is 0.354. The van der Waals surface area contributed by atoms with E-state index in [-0.39, 0.29) is 17.2 Å². The summed E-state index contributed by atoms with van der Waals surface area (Å²) < 4.78 is 6.13. The molecule has 0 spiro atoms. The molecule has 28 heavy (non-hydrogen) atoms. The highest BCUT2D eigenvalue weighted by atomic mass is 79.9. The van der Waals surface area contributed by atoms with Gasteiger partial charge in [-0.05, 0) is 48.0 Å². The molecule has 0 saturated carbocycles. The standard InChI is InChI=1S/C21H17BrN2O4/c1-28-20-11-9-18(10-12-20)23(14-15-5-7-17(22)8-6-15)21(25)16-3-2-4-19(13-16)24(26)27/h2-13H,14H2,1H3. The molecule has 0 radical (unpaired) electrons. The molecule has 0 heterocycles. The van der Waals surface area contributed by atoms with Crippen LogP contribution in [0.3, 0.4) is 0 Å². The van der Waals surface area contributed by atoms with Crippen molar-refractivity contribution in [2.24, 2.45) is 0 Å². The molecule has 0 aliphatic heterocycles. The number of hydrogen-bond donors (Lipinski definition) is 0. The lowest BCUT2D eigenvalue weighted by Crippen LogP contribution is -2.30. The lowest BCUT2D eigenvalue weighted by atomic mass is 10.1. The molecule has 6 nitrogen and oxygen atoms in total. The van der Waals surface area contributed by atoms with Crippen molar-refractivity contribution in [3.8, 4) is 5.75 Å². The first-order valence-corrected chi connectivity index (χ1v) is 9.22. The molecule has 3 aromatic rings. The van der Waals surface area contributed by atoms with Gasteiger partial charge in [-0.2, -0.15) is 0 Å². The van der Waals surface area contributed by atoms with Crippen LogP contribution in [0.2, 0.25) is 0 Å². The Bertz CT molecular complexity index is 988. The van der Waals surface area contributed by atoms with Gasteiger partial charge in [0.25, 0.3) is 11.6 Å². The summed E-state index contributed by atoms with van der Waals surface area (Å²) in [4.78, 5) is 25.4. The van der Waals surface area contributed by atoms with Gasteiger partial charge in [0.1, 0.15) is 5.75 Å². The van der Waals surface area contributed by atoms with Crippen LogP contribution >= 0.6 is 15.9 Å². The number of benzene rings is 3. The fourth-order valence-electron chi connectivity index (χ4n) is 2.72. The Morgan fingerprint density at radius 3 is 2.36 bits per heavy atom. The van der Waals surface area contributed by atoms with Gasteiger partial charge in [-0.3, -0.25) is 14.9 Å². The highest BCUT2D eigenvalue weighted by Gasteiger charge is 2.20. The summed E-state index contributed by atoms with van der Waals surface area (Å²) in [6.45, 7) is 0.321. The molecule has 0 aliphatic carbocycles. The Hall–Kier alpha value is -3.19. The van der Waals surface area contributed by atoms with Crippen LogP contribution in [-0.4, -0.2) is 17.9 Å². The van der Waals surface area contributed by atoms with Crippen LogP contribution in [0, 0.1) is 10.1 Å². The third-order valence-corrected chi connectivity index (χ3v) is 4.72. The van der Waals surface area contributed by atoms with Gasteiger partial charge in [0.05, 0.1) is 18.6 Å². The smallest absolute Gasteiger partial charge is 0.270 e. The van der Waals surface area contributed by atoms with Gasteiger partial charge >= 0.3 is 0 Å². The first kappa shape index (κ1) is 19.6. The molecular weight excluding hydrogens is 424 g/mol. The molecule has 0 saturated heterocycles. The second-order valence-corrected chi connectivity index (χ2v) is 6.94. The third kappa shape index (κ3) is 4.55. The van der Waals surface area contributed by atoms with Crippen LogP contribution in [0.4, 0.5) is 11.4 Å². The van der Waals surface area contributed by atoms with Gasteiger partial charge in [0.15, 0.2) is 0 Å². The summed E-state index contributed by atoms with van der Waals surface area (Å²) in [6.07, 6.45) is 0. The van der Waals surface area contributed by atoms with Crippen LogP contribution in [0.15, 0.2) is 77.3 Å². The first-order valence-electron chi connectivity index (χ1n) is 8.43. The van der Waals surface area contributed by atoms with E-state index in [1.54, 1.807) is 42.3 Å². The summed E-state index contributed by atoms with van der Waals surface area (Å²) in [5, 5.41) is 11.1. The van der Waals surface area contributed by atoms with E-state index in [0.717, 1.165) is 10.0 Å². The van der Waals surface area contributed by atoms with Gasteiger partial charge < -0.3 is 9.64 Å². The van der Waals surface area contributed by atoms with Gasteiger partial charge in [-0.1, -0.05) is 34.1 Å². The maximum atomic E-state index is 13.2. The number of halogens is 1. The second kappa shape index (κ2) is 8.67. The molecule has 0 fully saturated rings. The number of nitro groups is 1. The maximum absolute atomic E-state index is 13.2. The Labute approximate surface area is 170 Å². The fourth-order valence-corrected chi connectivity index (χ4v) is 2.99. The predicted molar refractivity (Wildman–Crippen MR) is 111 cm³/mol. The largest absolute Gasteiger partial charge is 0.497 e. The van der Waals surface area contributed by atoms with Crippen molar-refractivity contribution in [1.82, 2.24) is 0 Å². The Morgan fingerprint density at radius 2 is 1.75 bits per heavy atom. The van der Waals surface area contributed by atoms with E-state index in [1.807, 2.05) is 24.3 Å². The minimum Gasteiger partial charge on any atom is -0.497 e. The average molecular weight is 441 g/mol. The molecule has 3 rings (SSSR count). The number of anilines is 1. The number of hydrogen-bond acceptors (Lipinski definition) is 4. The van der Waals surface area contributed by atoms with Gasteiger partial charge in [-0.15, -0.1) is 0 Å². The maximum Gasteiger partial charge on any atom is 0.270 e. The highest BCUT2D eigenvalue weighted by Crippen LogP contribution is 2.25. The van der Waals surface area contributed by atoms with Crippen molar-refractivity contribution in [2.75, 3.05) is 12.0 Å². The van der Waals surface area contributed by atoms with Gasteiger partial charge in [-0.25, -0.2) is 0 Å². The Kier molecular flexibility index (Phi) is 6.06. The van der Waals surface area contributed by atoms with Crippen molar-refractivity contribution in [1.29, 1.82) is 0 Å². The number of methoxy groups -OCH3 is 1. The highest BCUT2D eigenvalue weighted by molar-refractivity contribution is 9.10. The number of carbonyl (C=O) groups excluding carboxylic acids is 1. The SMILES string of the molecule is COc1ccc(N(Cc2ccc(Br)cc2)C(=O)c2cccc([N+](=O)[O-])c2)cc1. The van der Waals surface area contributed by atoms with Crippen LogP contribution in [0.25, 0.3) is 0 Å². The molecular formula is C21H17BrN2O4. The molecule has 1 amide bonds. The minimum absolute atomic E-state index is 0.121. The van der Waals surface area contributed by atoms with E-state index in [2.05, 4.69) is 15.9 Å². The predicted octanol–water partition coefficient (Wildman–Crippen LogP) is 5.21. The van der Waals surface area contributed by atoms with E-state index >= 15 is 0 Å². The summed E-state index contributed by atoms with van der Waals surface area (Å²) in [6, 6.07) is 20.5. The van der Waals surface area contributed by atoms with E-state index in [0.29, 0.717) is 18.0 Å². The van der Waals surface area contributed by atoms with Crippen molar-refractivity contribution in [2.45, 2.75) is 6.54 Å². The van der Waals surface area contributed by atoms with E-state index in [9.17, 15) is 14.9 Å². The summed E-state index contributed by atoms with van der Waals surface area (Å²) in [5.41, 5.74) is 1.73. The van der Waals surface area contributed by atoms with Gasteiger partial charge in [0.2, 0.25) is 0 Å². The molecule has 0 aromatic heterocycles. The quantitative estimate of drug-likeness (QED) is 0.389. The normalized spacial score (nSPS) is 10.4. The number of non-ortho nitro benzene ring substituents is 1. The van der Waals surface area contributed by atoms with Crippen molar-refractivity contribution in [3.05, 3.63) is 98.5 Å². The van der Waals surface area contributed by atoms with Crippen molar-refractivity contribution >= 4 is 33.2 Å². The number of ether oxygens (including phenoxy) is 1. The molecule has 7 heteroatoms. The Balaban J connectivity index is 1.98. The van der Waals surface area contributed by atoms with Crippen LogP contribution < -0.4 is 9.64 Å². The topological polar surface area (TPSA) is 72.7 Å². The summed E-state index contributed by atoms with van der Waals surface area (Å²) in [7, 11) is 1.57. The summed E-state index contributed by atoms with van der Waals surface area (Å²) >= 11 is 3.40. The number of nitro benzene ring substituents is 1. The van der Waals surface area contributed by atoms with Crippen molar-refractivity contribution < 1.29 is 14.5 Å². The fraction of sp³-hybridized carbons (Fsp3) is 0.0952. The number of rotatable bonds is 6. The monoisotopic (exact) mass is 440 g/mol. The molecule has 0 atom stereocenters. The molecule has 142 valence electrons. The van der Waals surface area contributed by atoms with Gasteiger partial charge in [0, 0.05) is 27.9 Å². The molecule has 0 aliphatic rings. The molecule has 0 N–H and O–H groups in total. The van der Waals surface area contributed by atoms with Crippen molar-refractivity contribution in [3.63, 3.8) is 0 Å². The van der Waals surface area contributed by atoms with Crippen LogP contribution in [-0.2, 0) is 6.54 Å². The zero-order valence-electron chi connectivity index (χ0n) is 15.0. The molecule has 0 unspecified atom stereocenters. The molecule has 0 bridgehead atoms. The zero-order valence-corrected chi connectivity index (χ0v) is 16.6. The van der Waals surface area contributed by atoms with E-state index in [1.165, 1.54) is 18.2 Å². The second-order valence-electron chi connectivity index (χ2n) is 6.02. The van der Waals surface area contributed by atoms with E-state index in [4.69, 9.17) is 4.74 Å². The number of nitrogens with zero attached hydrogens (tertiary/aromatic N) is 2. The van der Waals surface area contributed by atoms with Crippen LogP contribution in [0.1, 0.15) is 15.9 Å². The lowest BCUT2D eigenvalue weighted by molar-refractivity contribution is -0.384. The average Bonchev–Trinajstić information content (AvgIpc) is 2.73. The molecule has 3 aromatic carbocycles. The lowest BCUT2D eigenvalue weighted by Gasteiger charge is -2.23. The third-order valence-electron chi connectivity index (χ3n) is 4.19.